The summed E-state index contributed by atoms with van der Waals surface area (Å²) in [5.41, 5.74) is 1.18. The monoisotopic (exact) mass is 300 g/mol. The van der Waals surface area contributed by atoms with Crippen molar-refractivity contribution >= 4 is 17.2 Å². The molecule has 0 unspecified atom stereocenters. The summed E-state index contributed by atoms with van der Waals surface area (Å²) in [7, 11) is 0. The van der Waals surface area contributed by atoms with E-state index in [1.807, 2.05) is 5.38 Å². The van der Waals surface area contributed by atoms with Gasteiger partial charge in [0.1, 0.15) is 0 Å². The summed E-state index contributed by atoms with van der Waals surface area (Å²) in [6, 6.07) is 4.73. The second kappa shape index (κ2) is 6.04. The van der Waals surface area contributed by atoms with Gasteiger partial charge in [0.15, 0.2) is 0 Å². The average Bonchev–Trinajstić information content (AvgIpc) is 2.91. The fourth-order valence-electron chi connectivity index (χ4n) is 1.69. The Morgan fingerprint density at radius 2 is 2.05 bits per heavy atom. The third kappa shape index (κ3) is 3.57. The highest BCUT2D eigenvalue weighted by molar-refractivity contribution is 7.07. The van der Waals surface area contributed by atoms with Crippen molar-refractivity contribution in [3.63, 3.8) is 0 Å². The molecule has 1 amide bonds. The van der Waals surface area contributed by atoms with Gasteiger partial charge in [-0.25, -0.2) is 4.98 Å². The molecule has 0 saturated heterocycles. The number of alkyl halides is 3. The van der Waals surface area contributed by atoms with Crippen molar-refractivity contribution in [2.75, 3.05) is 6.54 Å². The van der Waals surface area contributed by atoms with Crippen LogP contribution in [0, 0.1) is 0 Å². The first kappa shape index (κ1) is 14.5. The molecule has 0 atom stereocenters. The highest BCUT2D eigenvalue weighted by atomic mass is 32.1. The van der Waals surface area contributed by atoms with Crippen LogP contribution in [0.5, 0.6) is 0 Å². The Kier molecular flexibility index (Phi) is 4.39. The van der Waals surface area contributed by atoms with Crippen LogP contribution in [-0.2, 0) is 12.6 Å². The molecule has 0 fully saturated rings. The number of nitrogens with one attached hydrogen (secondary N) is 1. The molecule has 1 aromatic heterocycles. The molecular formula is C13H11F3N2OS. The average molecular weight is 300 g/mol. The van der Waals surface area contributed by atoms with E-state index in [1.165, 1.54) is 29.5 Å². The summed E-state index contributed by atoms with van der Waals surface area (Å²) in [4.78, 5) is 15.8. The Labute approximate surface area is 117 Å². The molecule has 1 N–H and O–H groups in total. The lowest BCUT2D eigenvalue weighted by molar-refractivity contribution is -0.137. The number of rotatable bonds is 4. The Morgan fingerprint density at radius 3 is 2.70 bits per heavy atom. The van der Waals surface area contributed by atoms with Gasteiger partial charge in [-0.3, -0.25) is 4.79 Å². The zero-order chi connectivity index (χ0) is 14.6. The number of benzene rings is 1. The number of nitrogens with zero attached hydrogens (tertiary/aromatic N) is 1. The lowest BCUT2D eigenvalue weighted by Crippen LogP contribution is -2.28. The summed E-state index contributed by atoms with van der Waals surface area (Å²) in [5.74, 6) is -0.729. The quantitative estimate of drug-likeness (QED) is 0.942. The van der Waals surface area contributed by atoms with Crippen molar-refractivity contribution in [2.45, 2.75) is 12.6 Å². The zero-order valence-electron chi connectivity index (χ0n) is 10.3. The predicted octanol–water partition coefficient (Wildman–Crippen LogP) is 3.13. The Morgan fingerprint density at radius 1 is 1.30 bits per heavy atom. The van der Waals surface area contributed by atoms with E-state index in [0.29, 0.717) is 6.42 Å². The second-order valence-electron chi connectivity index (χ2n) is 4.03. The third-order valence-electron chi connectivity index (χ3n) is 2.63. The molecule has 0 aliphatic rings. The van der Waals surface area contributed by atoms with Crippen molar-refractivity contribution in [1.29, 1.82) is 0 Å². The van der Waals surface area contributed by atoms with Crippen LogP contribution in [0.1, 0.15) is 21.6 Å². The van der Waals surface area contributed by atoms with Gasteiger partial charge in [0.2, 0.25) is 0 Å². The number of carbonyl (C=O) groups excluding carboxylic acids is 1. The van der Waals surface area contributed by atoms with Gasteiger partial charge < -0.3 is 5.32 Å². The number of aromatic nitrogens is 1. The zero-order valence-corrected chi connectivity index (χ0v) is 11.1. The van der Waals surface area contributed by atoms with Crippen LogP contribution in [-0.4, -0.2) is 17.4 Å². The number of hydrogen-bond acceptors (Lipinski definition) is 3. The molecule has 1 heterocycles. The van der Waals surface area contributed by atoms with Crippen LogP contribution in [0.3, 0.4) is 0 Å². The van der Waals surface area contributed by atoms with Crippen LogP contribution in [0.2, 0.25) is 0 Å². The van der Waals surface area contributed by atoms with Gasteiger partial charge in [-0.05, 0) is 12.1 Å². The van der Waals surface area contributed by atoms with E-state index < -0.39 is 17.6 Å². The van der Waals surface area contributed by atoms with E-state index in [9.17, 15) is 18.0 Å². The molecular weight excluding hydrogens is 289 g/mol. The van der Waals surface area contributed by atoms with E-state index >= 15 is 0 Å². The lowest BCUT2D eigenvalue weighted by atomic mass is 10.1. The van der Waals surface area contributed by atoms with E-state index in [-0.39, 0.29) is 12.1 Å². The molecule has 0 aliphatic carbocycles. The van der Waals surface area contributed by atoms with Crippen molar-refractivity contribution in [1.82, 2.24) is 10.3 Å². The van der Waals surface area contributed by atoms with Gasteiger partial charge in [0.05, 0.1) is 22.3 Å². The standard InChI is InChI=1S/C13H11F3N2OS/c14-13(15,16)11-4-2-1-3-10(11)12(19)17-6-5-9-7-20-8-18-9/h1-4,7-8H,5-6H2,(H,17,19). The first-order valence-corrected chi connectivity index (χ1v) is 6.74. The topological polar surface area (TPSA) is 42.0 Å². The van der Waals surface area contributed by atoms with E-state index in [2.05, 4.69) is 10.3 Å². The van der Waals surface area contributed by atoms with Crippen LogP contribution < -0.4 is 5.32 Å². The molecule has 0 radical (unpaired) electrons. The first-order chi connectivity index (χ1) is 9.48. The second-order valence-corrected chi connectivity index (χ2v) is 4.75. The number of hydrogen-bond donors (Lipinski definition) is 1. The highest BCUT2D eigenvalue weighted by Crippen LogP contribution is 2.31. The molecule has 0 saturated carbocycles. The Bertz CT molecular complexity index is 582. The van der Waals surface area contributed by atoms with Gasteiger partial charge in [-0.1, -0.05) is 12.1 Å². The van der Waals surface area contributed by atoms with Gasteiger partial charge in [-0.15, -0.1) is 11.3 Å². The molecule has 7 heteroatoms. The maximum Gasteiger partial charge on any atom is 0.417 e. The number of halogens is 3. The van der Waals surface area contributed by atoms with Crippen LogP contribution in [0.4, 0.5) is 13.2 Å². The molecule has 2 aromatic rings. The van der Waals surface area contributed by atoms with Crippen molar-refractivity contribution in [3.05, 3.63) is 52.0 Å². The summed E-state index contributed by atoms with van der Waals surface area (Å²) in [5, 5.41) is 4.30. The first-order valence-electron chi connectivity index (χ1n) is 5.80. The summed E-state index contributed by atoms with van der Waals surface area (Å²) in [6.45, 7) is 0.245. The van der Waals surface area contributed by atoms with Gasteiger partial charge >= 0.3 is 6.18 Å². The predicted molar refractivity (Wildman–Crippen MR) is 69.6 cm³/mol. The molecule has 0 bridgehead atoms. The van der Waals surface area contributed by atoms with Gasteiger partial charge in [0.25, 0.3) is 5.91 Å². The number of carbonyl (C=O) groups is 1. The van der Waals surface area contributed by atoms with Gasteiger partial charge in [0, 0.05) is 18.3 Å². The van der Waals surface area contributed by atoms with Crippen LogP contribution in [0.25, 0.3) is 0 Å². The molecule has 0 spiro atoms. The Balaban J connectivity index is 2.02. The van der Waals surface area contributed by atoms with Gasteiger partial charge in [-0.2, -0.15) is 13.2 Å². The maximum absolute atomic E-state index is 12.8. The molecule has 3 nitrogen and oxygen atoms in total. The normalized spacial score (nSPS) is 11.3. The van der Waals surface area contributed by atoms with Crippen LogP contribution in [0.15, 0.2) is 35.2 Å². The summed E-state index contributed by atoms with van der Waals surface area (Å²) < 4.78 is 38.3. The summed E-state index contributed by atoms with van der Waals surface area (Å²) in [6.07, 6.45) is -4.05. The molecule has 0 aliphatic heterocycles. The minimum atomic E-state index is -4.54. The number of thiazole rings is 1. The molecule has 106 valence electrons. The minimum Gasteiger partial charge on any atom is -0.352 e. The highest BCUT2D eigenvalue weighted by Gasteiger charge is 2.34. The SMILES string of the molecule is O=C(NCCc1cscn1)c1ccccc1C(F)(F)F. The number of amides is 1. The van der Waals surface area contributed by atoms with Crippen molar-refractivity contribution in [3.8, 4) is 0 Å². The molecule has 20 heavy (non-hydrogen) atoms. The van der Waals surface area contributed by atoms with Crippen molar-refractivity contribution in [2.24, 2.45) is 0 Å². The van der Waals surface area contributed by atoms with E-state index in [4.69, 9.17) is 0 Å². The van der Waals surface area contributed by atoms with Crippen molar-refractivity contribution < 1.29 is 18.0 Å². The maximum atomic E-state index is 12.8. The fraction of sp³-hybridized carbons (Fsp3) is 0.231. The Hall–Kier alpha value is -1.89. The van der Waals surface area contributed by atoms with E-state index in [1.54, 1.807) is 5.51 Å². The third-order valence-corrected chi connectivity index (χ3v) is 3.26. The molecule has 1 aromatic carbocycles. The summed E-state index contributed by atoms with van der Waals surface area (Å²) >= 11 is 1.43. The van der Waals surface area contributed by atoms with Crippen LogP contribution >= 0.6 is 11.3 Å². The van der Waals surface area contributed by atoms with E-state index in [0.717, 1.165) is 11.8 Å². The smallest absolute Gasteiger partial charge is 0.352 e. The minimum absolute atomic E-state index is 0.245. The lowest BCUT2D eigenvalue weighted by Gasteiger charge is -2.12. The molecule has 2 rings (SSSR count). The fourth-order valence-corrected chi connectivity index (χ4v) is 2.28. The largest absolute Gasteiger partial charge is 0.417 e.